The van der Waals surface area contributed by atoms with E-state index in [1.807, 2.05) is 37.3 Å². The topological polar surface area (TPSA) is 80.9 Å². The predicted molar refractivity (Wildman–Crippen MR) is 117 cm³/mol. The van der Waals surface area contributed by atoms with Gasteiger partial charge in [0.15, 0.2) is 0 Å². The second kappa shape index (κ2) is 9.53. The van der Waals surface area contributed by atoms with Crippen LogP contribution in [0.1, 0.15) is 11.1 Å². The van der Waals surface area contributed by atoms with Crippen LogP contribution in [0, 0.1) is 12.7 Å². The van der Waals surface area contributed by atoms with E-state index in [2.05, 4.69) is 20.4 Å². The smallest absolute Gasteiger partial charge is 0.260 e. The maximum atomic E-state index is 13.0. The van der Waals surface area contributed by atoms with E-state index >= 15 is 0 Å². The highest BCUT2D eigenvalue weighted by Crippen LogP contribution is 2.29. The molecule has 0 saturated carbocycles. The van der Waals surface area contributed by atoms with Gasteiger partial charge in [0, 0.05) is 18.3 Å². The van der Waals surface area contributed by atoms with Gasteiger partial charge in [-0.25, -0.2) is 9.37 Å². The quantitative estimate of drug-likeness (QED) is 0.426. The predicted octanol–water partition coefficient (Wildman–Crippen LogP) is 4.65. The highest BCUT2D eigenvalue weighted by molar-refractivity contribution is 8.00. The van der Waals surface area contributed by atoms with E-state index in [0.717, 1.165) is 16.7 Å². The Morgan fingerprint density at radius 3 is 2.65 bits per heavy atom. The van der Waals surface area contributed by atoms with Crippen LogP contribution in [-0.2, 0) is 11.3 Å². The molecule has 0 saturated heterocycles. The third kappa shape index (κ3) is 5.35. The first-order valence-corrected chi connectivity index (χ1v) is 10.6. The van der Waals surface area contributed by atoms with Crippen molar-refractivity contribution in [1.82, 2.24) is 20.4 Å². The normalized spacial score (nSPS) is 10.8. The Morgan fingerprint density at radius 2 is 1.87 bits per heavy atom. The summed E-state index contributed by atoms with van der Waals surface area (Å²) in [5, 5.41) is 7.51. The highest BCUT2D eigenvalue weighted by Gasteiger charge is 2.16. The lowest BCUT2D eigenvalue weighted by Crippen LogP contribution is -2.24. The number of rotatable bonds is 7. The largest absolute Gasteiger partial charge is 0.351 e. The van der Waals surface area contributed by atoms with E-state index in [9.17, 15) is 9.18 Å². The van der Waals surface area contributed by atoms with Crippen molar-refractivity contribution in [2.45, 2.75) is 18.5 Å². The van der Waals surface area contributed by atoms with E-state index in [4.69, 9.17) is 4.52 Å². The first-order chi connectivity index (χ1) is 15.1. The molecule has 0 aliphatic rings. The molecule has 2 aromatic carbocycles. The summed E-state index contributed by atoms with van der Waals surface area (Å²) < 4.78 is 18.4. The second-order valence-electron chi connectivity index (χ2n) is 6.84. The molecule has 0 aliphatic heterocycles. The van der Waals surface area contributed by atoms with Gasteiger partial charge in [0.1, 0.15) is 10.8 Å². The molecular weight excluding hydrogens is 415 g/mol. The van der Waals surface area contributed by atoms with Crippen LogP contribution < -0.4 is 5.32 Å². The van der Waals surface area contributed by atoms with Gasteiger partial charge in [0.2, 0.25) is 11.7 Å². The summed E-state index contributed by atoms with van der Waals surface area (Å²) in [6, 6.07) is 17.5. The van der Waals surface area contributed by atoms with Gasteiger partial charge in [-0.05, 0) is 36.8 Å². The summed E-state index contributed by atoms with van der Waals surface area (Å²) in [5.41, 5.74) is 3.51. The maximum absolute atomic E-state index is 13.0. The van der Waals surface area contributed by atoms with Crippen molar-refractivity contribution in [3.05, 3.63) is 83.8 Å². The molecule has 0 bridgehead atoms. The summed E-state index contributed by atoms with van der Waals surface area (Å²) in [6.45, 7) is 2.35. The van der Waals surface area contributed by atoms with Crippen molar-refractivity contribution < 1.29 is 13.7 Å². The van der Waals surface area contributed by atoms with Gasteiger partial charge in [-0.3, -0.25) is 4.79 Å². The number of hydrogen-bond acceptors (Lipinski definition) is 6. The van der Waals surface area contributed by atoms with Crippen LogP contribution in [-0.4, -0.2) is 26.8 Å². The van der Waals surface area contributed by atoms with E-state index in [0.29, 0.717) is 28.8 Å². The molecule has 2 heterocycles. The molecule has 1 amide bonds. The van der Waals surface area contributed by atoms with Crippen molar-refractivity contribution in [2.24, 2.45) is 0 Å². The van der Waals surface area contributed by atoms with Gasteiger partial charge >= 0.3 is 0 Å². The number of hydrogen-bond donors (Lipinski definition) is 1. The van der Waals surface area contributed by atoms with Crippen LogP contribution in [0.25, 0.3) is 22.8 Å². The standard InChI is InChI=1S/C23H19FN4O2S/c1-15-4-8-17(9-5-15)21-27-22(30-28-21)19-3-2-12-25-23(19)31-14-20(29)26-13-16-6-10-18(24)11-7-16/h2-12H,13-14H2,1H3,(H,26,29). The van der Waals surface area contributed by atoms with Crippen molar-refractivity contribution >= 4 is 17.7 Å². The minimum absolute atomic E-state index is 0.156. The number of nitrogens with one attached hydrogen (secondary N) is 1. The third-order valence-corrected chi connectivity index (χ3v) is 5.49. The van der Waals surface area contributed by atoms with Gasteiger partial charge < -0.3 is 9.84 Å². The van der Waals surface area contributed by atoms with E-state index in [1.165, 1.54) is 23.9 Å². The van der Waals surface area contributed by atoms with Gasteiger partial charge in [0.25, 0.3) is 5.89 Å². The van der Waals surface area contributed by atoms with Crippen molar-refractivity contribution in [3.63, 3.8) is 0 Å². The number of aryl methyl sites for hydroxylation is 1. The lowest BCUT2D eigenvalue weighted by atomic mass is 10.1. The van der Waals surface area contributed by atoms with Crippen molar-refractivity contribution in [2.75, 3.05) is 5.75 Å². The average molecular weight is 434 g/mol. The monoisotopic (exact) mass is 434 g/mol. The minimum Gasteiger partial charge on any atom is -0.351 e. The molecular formula is C23H19FN4O2S. The Bertz CT molecular complexity index is 1180. The number of benzene rings is 2. The number of halogens is 1. The van der Waals surface area contributed by atoms with Gasteiger partial charge in [0.05, 0.1) is 11.3 Å². The zero-order chi connectivity index (χ0) is 21.6. The fraction of sp³-hybridized carbons (Fsp3) is 0.130. The van der Waals surface area contributed by atoms with Crippen LogP contribution in [0.3, 0.4) is 0 Å². The summed E-state index contributed by atoms with van der Waals surface area (Å²) in [4.78, 5) is 21.1. The molecule has 6 nitrogen and oxygen atoms in total. The molecule has 0 fully saturated rings. The molecule has 1 N–H and O–H groups in total. The number of amides is 1. The fourth-order valence-electron chi connectivity index (χ4n) is 2.81. The number of carbonyl (C=O) groups excluding carboxylic acids is 1. The zero-order valence-corrected chi connectivity index (χ0v) is 17.5. The van der Waals surface area contributed by atoms with Crippen LogP contribution in [0.4, 0.5) is 4.39 Å². The third-order valence-electron chi connectivity index (χ3n) is 4.48. The summed E-state index contributed by atoms with van der Waals surface area (Å²) in [6.07, 6.45) is 1.65. The molecule has 0 atom stereocenters. The molecule has 0 radical (unpaired) electrons. The minimum atomic E-state index is -0.306. The lowest BCUT2D eigenvalue weighted by molar-refractivity contribution is -0.118. The number of pyridine rings is 1. The summed E-state index contributed by atoms with van der Waals surface area (Å²) in [5.74, 6) is 0.547. The van der Waals surface area contributed by atoms with E-state index in [-0.39, 0.29) is 17.5 Å². The SMILES string of the molecule is Cc1ccc(-c2noc(-c3cccnc3SCC(=O)NCc3ccc(F)cc3)n2)cc1. The van der Waals surface area contributed by atoms with Crippen LogP contribution in [0.15, 0.2) is 76.4 Å². The molecule has 31 heavy (non-hydrogen) atoms. The Hall–Kier alpha value is -3.52. The molecule has 4 rings (SSSR count). The molecule has 8 heteroatoms. The number of thioether (sulfide) groups is 1. The molecule has 0 unspecified atom stereocenters. The number of nitrogens with zero attached hydrogens (tertiary/aromatic N) is 3. The van der Waals surface area contributed by atoms with Crippen LogP contribution in [0.2, 0.25) is 0 Å². The molecule has 0 aliphatic carbocycles. The zero-order valence-electron chi connectivity index (χ0n) is 16.7. The van der Waals surface area contributed by atoms with Crippen LogP contribution >= 0.6 is 11.8 Å². The Kier molecular flexibility index (Phi) is 6.37. The molecule has 0 spiro atoms. The van der Waals surface area contributed by atoms with Gasteiger partial charge in [-0.2, -0.15) is 4.98 Å². The van der Waals surface area contributed by atoms with Crippen molar-refractivity contribution in [3.8, 4) is 22.8 Å². The Labute approximate surface area is 182 Å². The van der Waals surface area contributed by atoms with Gasteiger partial charge in [-0.1, -0.05) is 58.9 Å². The van der Waals surface area contributed by atoms with Crippen LogP contribution in [0.5, 0.6) is 0 Å². The van der Waals surface area contributed by atoms with E-state index < -0.39 is 0 Å². The van der Waals surface area contributed by atoms with E-state index in [1.54, 1.807) is 24.4 Å². The Balaban J connectivity index is 1.41. The van der Waals surface area contributed by atoms with Crippen molar-refractivity contribution in [1.29, 1.82) is 0 Å². The van der Waals surface area contributed by atoms with Gasteiger partial charge in [-0.15, -0.1) is 0 Å². The summed E-state index contributed by atoms with van der Waals surface area (Å²) in [7, 11) is 0. The highest BCUT2D eigenvalue weighted by atomic mass is 32.2. The molecule has 4 aromatic rings. The number of carbonyl (C=O) groups is 1. The summed E-state index contributed by atoms with van der Waals surface area (Å²) >= 11 is 1.28. The average Bonchev–Trinajstić information content (AvgIpc) is 3.28. The molecule has 2 aromatic heterocycles. The lowest BCUT2D eigenvalue weighted by Gasteiger charge is -2.06. The second-order valence-corrected chi connectivity index (χ2v) is 7.80. The fourth-order valence-corrected chi connectivity index (χ4v) is 3.63. The first kappa shape index (κ1) is 20.7. The Morgan fingerprint density at radius 1 is 1.10 bits per heavy atom. The maximum Gasteiger partial charge on any atom is 0.260 e. The number of aromatic nitrogens is 3. The first-order valence-electron chi connectivity index (χ1n) is 9.58. The molecule has 156 valence electrons.